The molecular weight excluding hydrogens is 316 g/mol. The fourth-order valence-corrected chi connectivity index (χ4v) is 2.83. The second kappa shape index (κ2) is 9.16. The van der Waals surface area contributed by atoms with Gasteiger partial charge in [0.15, 0.2) is 0 Å². The zero-order valence-electron chi connectivity index (χ0n) is 15.2. The minimum Gasteiger partial charge on any atom is -0.427 e. The van der Waals surface area contributed by atoms with Crippen LogP contribution in [0.2, 0.25) is 0 Å². The molecule has 0 aromatic carbocycles. The Bertz CT molecular complexity index is 753. The average Bonchev–Trinajstić information content (AvgIpc) is 2.59. The second-order valence-corrected chi connectivity index (χ2v) is 6.36. The van der Waals surface area contributed by atoms with E-state index in [1.807, 2.05) is 31.2 Å². The monoisotopic (exact) mass is 342 g/mol. The normalized spacial score (nSPS) is 12.0. The summed E-state index contributed by atoms with van der Waals surface area (Å²) in [4.78, 5) is 28.8. The maximum Gasteiger partial charge on any atom is 0.349 e. The fraction of sp³-hybridized carbons (Fsp3) is 0.450. The summed E-state index contributed by atoms with van der Waals surface area (Å²) in [6, 6.07) is 7.58. The van der Waals surface area contributed by atoms with Gasteiger partial charge in [0.2, 0.25) is 0 Å². The Labute approximate surface area is 148 Å². The van der Waals surface area contributed by atoms with Crippen LogP contribution in [-0.4, -0.2) is 17.4 Å². The number of rotatable bonds is 8. The lowest BCUT2D eigenvalue weighted by atomic mass is 10.0. The first-order valence-electron chi connectivity index (χ1n) is 8.85. The van der Waals surface area contributed by atoms with E-state index in [2.05, 4.69) is 17.2 Å². The first kappa shape index (κ1) is 18.9. The molecule has 0 bridgehead atoms. The number of nitrogens with one attached hydrogen (secondary N) is 1. The fourth-order valence-electron chi connectivity index (χ4n) is 2.83. The standard InChI is InChI=1S/C20H26N2O3/c1-4-8-14(2)17-13-15(3)18(20(24)25-17)19(23)22-12-7-10-16-9-5-6-11-21-16/h5-6,9,11,13-14H,4,7-8,10,12H2,1-3H3,(H,22,23). The van der Waals surface area contributed by atoms with E-state index < -0.39 is 5.63 Å². The Morgan fingerprint density at radius 1 is 1.36 bits per heavy atom. The Morgan fingerprint density at radius 2 is 2.16 bits per heavy atom. The van der Waals surface area contributed by atoms with Crippen LogP contribution in [0.4, 0.5) is 0 Å². The number of nitrogens with zero attached hydrogens (tertiary/aromatic N) is 1. The van der Waals surface area contributed by atoms with E-state index in [0.29, 0.717) is 17.9 Å². The second-order valence-electron chi connectivity index (χ2n) is 6.36. The van der Waals surface area contributed by atoms with Crippen molar-refractivity contribution in [3.8, 4) is 0 Å². The molecule has 1 atom stereocenters. The van der Waals surface area contributed by atoms with Crippen LogP contribution in [0.25, 0.3) is 0 Å². The van der Waals surface area contributed by atoms with Crippen molar-refractivity contribution in [3.05, 3.63) is 63.5 Å². The van der Waals surface area contributed by atoms with E-state index in [9.17, 15) is 9.59 Å². The number of carbonyl (C=O) groups excluding carboxylic acids is 1. The minimum atomic E-state index is -0.555. The molecule has 1 amide bonds. The van der Waals surface area contributed by atoms with Gasteiger partial charge < -0.3 is 9.73 Å². The zero-order valence-corrected chi connectivity index (χ0v) is 15.2. The van der Waals surface area contributed by atoms with Gasteiger partial charge in [0, 0.05) is 24.4 Å². The molecule has 2 heterocycles. The SMILES string of the molecule is CCCC(C)c1cc(C)c(C(=O)NCCCc2ccccn2)c(=O)o1. The molecule has 0 fully saturated rings. The van der Waals surface area contributed by atoms with Gasteiger partial charge in [-0.1, -0.05) is 26.3 Å². The molecule has 2 rings (SSSR count). The van der Waals surface area contributed by atoms with E-state index in [1.165, 1.54) is 0 Å². The summed E-state index contributed by atoms with van der Waals surface area (Å²) in [6.07, 6.45) is 5.26. The molecule has 2 aromatic rings. The number of hydrogen-bond donors (Lipinski definition) is 1. The molecule has 25 heavy (non-hydrogen) atoms. The number of aryl methyl sites for hydroxylation is 2. The van der Waals surface area contributed by atoms with Gasteiger partial charge in [-0.2, -0.15) is 0 Å². The quantitative estimate of drug-likeness (QED) is 0.744. The van der Waals surface area contributed by atoms with Crippen LogP contribution in [0.15, 0.2) is 39.7 Å². The van der Waals surface area contributed by atoms with Crippen molar-refractivity contribution < 1.29 is 9.21 Å². The molecule has 5 heteroatoms. The van der Waals surface area contributed by atoms with Crippen molar-refractivity contribution in [2.45, 2.75) is 52.4 Å². The van der Waals surface area contributed by atoms with Crippen LogP contribution in [-0.2, 0) is 6.42 Å². The molecule has 0 aliphatic carbocycles. The Morgan fingerprint density at radius 3 is 2.80 bits per heavy atom. The van der Waals surface area contributed by atoms with E-state index in [-0.39, 0.29) is 17.4 Å². The van der Waals surface area contributed by atoms with Crippen molar-refractivity contribution in [1.82, 2.24) is 10.3 Å². The first-order valence-corrected chi connectivity index (χ1v) is 8.85. The van der Waals surface area contributed by atoms with E-state index in [1.54, 1.807) is 13.1 Å². The number of aromatic nitrogens is 1. The highest BCUT2D eigenvalue weighted by Gasteiger charge is 2.18. The number of amides is 1. The third-order valence-electron chi connectivity index (χ3n) is 4.22. The van der Waals surface area contributed by atoms with Gasteiger partial charge in [-0.05, 0) is 49.9 Å². The maximum absolute atomic E-state index is 12.3. The third-order valence-corrected chi connectivity index (χ3v) is 4.22. The number of hydrogen-bond acceptors (Lipinski definition) is 4. The van der Waals surface area contributed by atoms with Gasteiger partial charge in [0.25, 0.3) is 5.91 Å². The van der Waals surface area contributed by atoms with Gasteiger partial charge in [0.1, 0.15) is 11.3 Å². The van der Waals surface area contributed by atoms with Gasteiger partial charge in [-0.3, -0.25) is 9.78 Å². The Hall–Kier alpha value is -2.43. The lowest BCUT2D eigenvalue weighted by Crippen LogP contribution is -2.30. The molecule has 0 aliphatic rings. The predicted octanol–water partition coefficient (Wildman–Crippen LogP) is 3.61. The van der Waals surface area contributed by atoms with Crippen molar-refractivity contribution >= 4 is 5.91 Å². The maximum atomic E-state index is 12.3. The van der Waals surface area contributed by atoms with Crippen molar-refractivity contribution in [2.75, 3.05) is 6.54 Å². The van der Waals surface area contributed by atoms with Gasteiger partial charge in [0.05, 0.1) is 0 Å². The molecule has 0 spiro atoms. The van der Waals surface area contributed by atoms with Crippen molar-refractivity contribution in [2.24, 2.45) is 0 Å². The molecule has 0 saturated heterocycles. The average molecular weight is 342 g/mol. The molecule has 0 aliphatic heterocycles. The van der Waals surface area contributed by atoms with E-state index in [0.717, 1.165) is 31.4 Å². The molecule has 2 aromatic heterocycles. The highest BCUT2D eigenvalue weighted by atomic mass is 16.4. The van der Waals surface area contributed by atoms with Gasteiger partial charge in [-0.15, -0.1) is 0 Å². The first-order chi connectivity index (χ1) is 12.0. The molecule has 1 N–H and O–H groups in total. The third kappa shape index (κ3) is 5.28. The smallest absolute Gasteiger partial charge is 0.349 e. The lowest BCUT2D eigenvalue weighted by molar-refractivity contribution is 0.0948. The molecular formula is C20H26N2O3. The number of pyridine rings is 1. The van der Waals surface area contributed by atoms with Gasteiger partial charge >= 0.3 is 5.63 Å². The highest BCUT2D eigenvalue weighted by molar-refractivity contribution is 5.95. The summed E-state index contributed by atoms with van der Waals surface area (Å²) in [5.74, 6) is 0.449. The topological polar surface area (TPSA) is 72.2 Å². The highest BCUT2D eigenvalue weighted by Crippen LogP contribution is 2.21. The van der Waals surface area contributed by atoms with E-state index >= 15 is 0 Å². The summed E-state index contributed by atoms with van der Waals surface area (Å²) >= 11 is 0. The molecule has 0 saturated carbocycles. The van der Waals surface area contributed by atoms with Crippen LogP contribution in [0.5, 0.6) is 0 Å². The Balaban J connectivity index is 1.96. The Kier molecular flexibility index (Phi) is 6.92. The summed E-state index contributed by atoms with van der Waals surface area (Å²) in [7, 11) is 0. The van der Waals surface area contributed by atoms with Crippen molar-refractivity contribution in [1.29, 1.82) is 0 Å². The largest absolute Gasteiger partial charge is 0.427 e. The van der Waals surface area contributed by atoms with Gasteiger partial charge in [-0.25, -0.2) is 4.79 Å². The van der Waals surface area contributed by atoms with Crippen molar-refractivity contribution in [3.63, 3.8) is 0 Å². The van der Waals surface area contributed by atoms with Crippen LogP contribution < -0.4 is 10.9 Å². The summed E-state index contributed by atoms with van der Waals surface area (Å²) in [5, 5.41) is 2.80. The zero-order chi connectivity index (χ0) is 18.2. The number of carbonyl (C=O) groups is 1. The molecule has 0 radical (unpaired) electrons. The molecule has 5 nitrogen and oxygen atoms in total. The predicted molar refractivity (Wildman–Crippen MR) is 97.9 cm³/mol. The minimum absolute atomic E-state index is 0.102. The van der Waals surface area contributed by atoms with E-state index in [4.69, 9.17) is 4.42 Å². The van der Waals surface area contributed by atoms with Crippen LogP contribution in [0, 0.1) is 6.92 Å². The molecule has 1 unspecified atom stereocenters. The summed E-state index contributed by atoms with van der Waals surface area (Å²) in [6.45, 7) is 6.39. The summed E-state index contributed by atoms with van der Waals surface area (Å²) < 4.78 is 5.37. The van der Waals surface area contributed by atoms with Crippen LogP contribution >= 0.6 is 0 Å². The summed E-state index contributed by atoms with van der Waals surface area (Å²) in [5.41, 5.74) is 1.20. The van der Waals surface area contributed by atoms with Crippen LogP contribution in [0.1, 0.15) is 66.4 Å². The lowest BCUT2D eigenvalue weighted by Gasteiger charge is -2.12. The molecule has 134 valence electrons. The van der Waals surface area contributed by atoms with Crippen LogP contribution in [0.3, 0.4) is 0 Å².